The summed E-state index contributed by atoms with van der Waals surface area (Å²) in [5.41, 5.74) is 2.86. The van der Waals surface area contributed by atoms with E-state index in [4.69, 9.17) is 4.74 Å². The lowest BCUT2D eigenvalue weighted by Gasteiger charge is -2.44. The molecule has 2 aliphatic heterocycles. The van der Waals surface area contributed by atoms with Crippen LogP contribution in [0.2, 0.25) is 0 Å². The maximum atomic E-state index is 13.2. The van der Waals surface area contributed by atoms with Crippen molar-refractivity contribution < 1.29 is 9.53 Å². The summed E-state index contributed by atoms with van der Waals surface area (Å²) in [7, 11) is 1.70. The zero-order chi connectivity index (χ0) is 21.9. The standard InChI is InChI=1S/C26H30N4O2/c1-32-24-10-8-22(9-11-24)28-13-15-29(16-14-28)23-6-4-12-30(19-23)26(31)21-17-20-5-2-3-7-25(20)27-18-21/h2-3,5,7-11,17-18,23H,4,6,12-16,19H2,1H3. The molecule has 2 saturated heterocycles. The molecule has 1 aromatic heterocycles. The average Bonchev–Trinajstić information content (AvgIpc) is 2.88. The number of para-hydroxylation sites is 1. The molecule has 0 N–H and O–H groups in total. The number of rotatable bonds is 4. The zero-order valence-electron chi connectivity index (χ0n) is 18.6. The molecule has 0 radical (unpaired) electrons. The highest BCUT2D eigenvalue weighted by Gasteiger charge is 2.30. The number of hydrogen-bond acceptors (Lipinski definition) is 5. The second-order valence-electron chi connectivity index (χ2n) is 8.68. The number of fused-ring (bicyclic) bond motifs is 1. The molecule has 32 heavy (non-hydrogen) atoms. The molecule has 5 rings (SSSR count). The van der Waals surface area contributed by atoms with Crippen molar-refractivity contribution in [3.63, 3.8) is 0 Å². The topological polar surface area (TPSA) is 48.9 Å². The van der Waals surface area contributed by atoms with Gasteiger partial charge in [0.1, 0.15) is 5.75 Å². The van der Waals surface area contributed by atoms with Gasteiger partial charge in [-0.2, -0.15) is 0 Å². The van der Waals surface area contributed by atoms with Gasteiger partial charge in [-0.25, -0.2) is 0 Å². The number of aromatic nitrogens is 1. The largest absolute Gasteiger partial charge is 0.497 e. The molecule has 0 aliphatic carbocycles. The Morgan fingerprint density at radius 3 is 2.56 bits per heavy atom. The van der Waals surface area contributed by atoms with Crippen LogP contribution in [0, 0.1) is 0 Å². The van der Waals surface area contributed by atoms with Gasteiger partial charge in [-0.15, -0.1) is 0 Å². The van der Waals surface area contributed by atoms with E-state index >= 15 is 0 Å². The molecule has 2 fully saturated rings. The summed E-state index contributed by atoms with van der Waals surface area (Å²) < 4.78 is 5.27. The normalized spacial score (nSPS) is 19.8. The third kappa shape index (κ3) is 4.28. The number of carbonyl (C=O) groups excluding carboxylic acids is 1. The van der Waals surface area contributed by atoms with E-state index in [9.17, 15) is 4.79 Å². The van der Waals surface area contributed by atoms with Gasteiger partial charge in [0.05, 0.1) is 18.2 Å². The zero-order valence-corrected chi connectivity index (χ0v) is 18.6. The molecule has 0 spiro atoms. The number of likely N-dealkylation sites (tertiary alicyclic amines) is 1. The smallest absolute Gasteiger partial charge is 0.255 e. The maximum absolute atomic E-state index is 13.2. The number of anilines is 1. The number of ether oxygens (including phenoxy) is 1. The van der Waals surface area contributed by atoms with E-state index in [-0.39, 0.29) is 5.91 Å². The Kier molecular flexibility index (Phi) is 5.95. The monoisotopic (exact) mass is 430 g/mol. The summed E-state index contributed by atoms with van der Waals surface area (Å²) in [5.74, 6) is 0.991. The van der Waals surface area contributed by atoms with Crippen LogP contribution in [-0.4, -0.2) is 73.1 Å². The van der Waals surface area contributed by atoms with Crippen molar-refractivity contribution in [2.75, 3.05) is 51.3 Å². The van der Waals surface area contributed by atoms with Crippen LogP contribution in [0.5, 0.6) is 5.75 Å². The Morgan fingerprint density at radius 2 is 1.78 bits per heavy atom. The lowest BCUT2D eigenvalue weighted by atomic mass is 10.0. The number of hydrogen-bond donors (Lipinski definition) is 0. The molecular formula is C26H30N4O2. The lowest BCUT2D eigenvalue weighted by Crippen LogP contribution is -2.55. The van der Waals surface area contributed by atoms with Crippen molar-refractivity contribution >= 4 is 22.5 Å². The Balaban J connectivity index is 1.20. The van der Waals surface area contributed by atoms with Crippen LogP contribution < -0.4 is 9.64 Å². The van der Waals surface area contributed by atoms with Crippen LogP contribution >= 0.6 is 0 Å². The maximum Gasteiger partial charge on any atom is 0.255 e. The molecule has 6 heteroatoms. The van der Waals surface area contributed by atoms with Gasteiger partial charge in [0.15, 0.2) is 0 Å². The third-order valence-corrected chi connectivity index (χ3v) is 6.79. The molecule has 3 aromatic rings. The molecule has 166 valence electrons. The third-order valence-electron chi connectivity index (χ3n) is 6.79. The summed E-state index contributed by atoms with van der Waals surface area (Å²) >= 11 is 0. The molecule has 6 nitrogen and oxygen atoms in total. The van der Waals surface area contributed by atoms with E-state index in [2.05, 4.69) is 26.9 Å². The summed E-state index contributed by atoms with van der Waals surface area (Å²) in [5, 5.41) is 1.02. The first-order valence-corrected chi connectivity index (χ1v) is 11.5. The fourth-order valence-corrected chi connectivity index (χ4v) is 4.95. The van der Waals surface area contributed by atoms with Crippen LogP contribution in [0.1, 0.15) is 23.2 Å². The van der Waals surface area contributed by atoms with Gasteiger partial charge in [0, 0.05) is 62.6 Å². The van der Waals surface area contributed by atoms with E-state index in [1.165, 1.54) is 5.69 Å². The van der Waals surface area contributed by atoms with Crippen LogP contribution in [0.4, 0.5) is 5.69 Å². The number of benzene rings is 2. The van der Waals surface area contributed by atoms with Crippen molar-refractivity contribution in [3.8, 4) is 5.75 Å². The fraction of sp³-hybridized carbons (Fsp3) is 0.385. The second-order valence-corrected chi connectivity index (χ2v) is 8.68. The number of methoxy groups -OCH3 is 1. The van der Waals surface area contributed by atoms with Gasteiger partial charge in [-0.05, 0) is 49.2 Å². The Labute approximate surface area is 189 Å². The Hall–Kier alpha value is -3.12. The average molecular weight is 431 g/mol. The lowest BCUT2D eigenvalue weighted by molar-refractivity contribution is 0.0563. The van der Waals surface area contributed by atoms with Crippen molar-refractivity contribution in [2.24, 2.45) is 0 Å². The molecule has 3 heterocycles. The highest BCUT2D eigenvalue weighted by Crippen LogP contribution is 2.24. The SMILES string of the molecule is COc1ccc(N2CCN(C3CCCN(C(=O)c4cnc5ccccc5c4)C3)CC2)cc1. The molecule has 0 saturated carbocycles. The van der Waals surface area contributed by atoms with Gasteiger partial charge in [0.25, 0.3) is 5.91 Å². The number of piperazine rings is 1. The number of nitrogens with zero attached hydrogens (tertiary/aromatic N) is 4. The molecule has 2 aromatic carbocycles. The summed E-state index contributed by atoms with van der Waals surface area (Å²) in [6, 6.07) is 18.7. The first-order valence-electron chi connectivity index (χ1n) is 11.5. The summed E-state index contributed by atoms with van der Waals surface area (Å²) in [4.78, 5) is 24.7. The molecule has 0 bridgehead atoms. The van der Waals surface area contributed by atoms with E-state index in [1.54, 1.807) is 13.3 Å². The predicted octanol–water partition coefficient (Wildman–Crippen LogP) is 3.67. The highest BCUT2D eigenvalue weighted by molar-refractivity contribution is 5.97. The minimum absolute atomic E-state index is 0.102. The predicted molar refractivity (Wildman–Crippen MR) is 127 cm³/mol. The van der Waals surface area contributed by atoms with Gasteiger partial charge in [-0.1, -0.05) is 18.2 Å². The minimum atomic E-state index is 0.102. The molecule has 1 unspecified atom stereocenters. The molecule has 1 amide bonds. The van der Waals surface area contributed by atoms with Gasteiger partial charge in [-0.3, -0.25) is 14.7 Å². The number of pyridine rings is 1. The fourth-order valence-electron chi connectivity index (χ4n) is 4.95. The molecular weight excluding hydrogens is 400 g/mol. The minimum Gasteiger partial charge on any atom is -0.497 e. The van der Waals surface area contributed by atoms with E-state index in [1.807, 2.05) is 47.4 Å². The van der Waals surface area contributed by atoms with Gasteiger partial charge in [0.2, 0.25) is 0 Å². The van der Waals surface area contributed by atoms with Crippen LogP contribution in [0.25, 0.3) is 10.9 Å². The highest BCUT2D eigenvalue weighted by atomic mass is 16.5. The number of amides is 1. The Bertz CT molecular complexity index is 1080. The van der Waals surface area contributed by atoms with E-state index in [0.29, 0.717) is 11.6 Å². The van der Waals surface area contributed by atoms with Gasteiger partial charge < -0.3 is 14.5 Å². The number of carbonyl (C=O) groups is 1. The number of piperidine rings is 1. The Morgan fingerprint density at radius 1 is 1.00 bits per heavy atom. The first kappa shape index (κ1) is 20.8. The van der Waals surface area contributed by atoms with E-state index in [0.717, 1.165) is 68.8 Å². The first-order chi connectivity index (χ1) is 15.7. The summed E-state index contributed by atoms with van der Waals surface area (Å²) in [6.07, 6.45) is 3.93. The molecule has 1 atom stereocenters. The second kappa shape index (κ2) is 9.17. The molecule has 2 aliphatic rings. The summed E-state index contributed by atoms with van der Waals surface area (Å²) in [6.45, 7) is 5.69. The van der Waals surface area contributed by atoms with Crippen LogP contribution in [0.15, 0.2) is 60.8 Å². The van der Waals surface area contributed by atoms with Gasteiger partial charge >= 0.3 is 0 Å². The van der Waals surface area contributed by atoms with Crippen molar-refractivity contribution in [3.05, 3.63) is 66.4 Å². The van der Waals surface area contributed by atoms with Crippen molar-refractivity contribution in [1.29, 1.82) is 0 Å². The van der Waals surface area contributed by atoms with Crippen molar-refractivity contribution in [1.82, 2.24) is 14.8 Å². The van der Waals surface area contributed by atoms with Crippen LogP contribution in [-0.2, 0) is 0 Å². The van der Waals surface area contributed by atoms with E-state index < -0.39 is 0 Å². The van der Waals surface area contributed by atoms with Crippen LogP contribution in [0.3, 0.4) is 0 Å². The quantitative estimate of drug-likeness (QED) is 0.632. The van der Waals surface area contributed by atoms with Crippen molar-refractivity contribution in [2.45, 2.75) is 18.9 Å².